The van der Waals surface area contributed by atoms with E-state index in [2.05, 4.69) is 17.2 Å². The molecular formula is C17H22FN3O3. The topological polar surface area (TPSA) is 101 Å². The van der Waals surface area contributed by atoms with Crippen molar-refractivity contribution in [2.75, 3.05) is 0 Å². The number of amides is 3. The molecule has 7 heteroatoms. The van der Waals surface area contributed by atoms with Gasteiger partial charge in [-0.05, 0) is 31.0 Å². The van der Waals surface area contributed by atoms with Gasteiger partial charge in [-0.15, -0.1) is 6.58 Å². The van der Waals surface area contributed by atoms with Crippen molar-refractivity contribution >= 4 is 17.7 Å². The van der Waals surface area contributed by atoms with Crippen LogP contribution < -0.4 is 16.4 Å². The number of nitrogens with two attached hydrogens (primary N) is 1. The molecule has 0 heterocycles. The molecule has 1 aromatic carbocycles. The van der Waals surface area contributed by atoms with Crippen LogP contribution in [-0.4, -0.2) is 29.8 Å². The monoisotopic (exact) mass is 335 g/mol. The van der Waals surface area contributed by atoms with Crippen molar-refractivity contribution in [3.8, 4) is 0 Å². The van der Waals surface area contributed by atoms with Gasteiger partial charge >= 0.3 is 0 Å². The van der Waals surface area contributed by atoms with Gasteiger partial charge in [-0.25, -0.2) is 4.39 Å². The Labute approximate surface area is 140 Å². The summed E-state index contributed by atoms with van der Waals surface area (Å²) in [7, 11) is 0. The maximum absolute atomic E-state index is 13.0. The fourth-order valence-electron chi connectivity index (χ4n) is 2.15. The summed E-state index contributed by atoms with van der Waals surface area (Å²) in [5, 5.41) is 5.04. The van der Waals surface area contributed by atoms with Crippen molar-refractivity contribution in [2.45, 2.75) is 38.8 Å². The van der Waals surface area contributed by atoms with Gasteiger partial charge in [-0.2, -0.15) is 0 Å². The van der Waals surface area contributed by atoms with Gasteiger partial charge in [0.2, 0.25) is 17.7 Å². The van der Waals surface area contributed by atoms with Crippen LogP contribution in [0.1, 0.15) is 25.8 Å². The molecule has 3 amide bonds. The summed E-state index contributed by atoms with van der Waals surface area (Å²) in [6.07, 6.45) is 0.370. The highest BCUT2D eigenvalue weighted by Gasteiger charge is 2.25. The van der Waals surface area contributed by atoms with E-state index < -0.39 is 35.6 Å². The van der Waals surface area contributed by atoms with E-state index in [1.807, 2.05) is 0 Å². The van der Waals surface area contributed by atoms with E-state index in [1.165, 1.54) is 31.2 Å². The average Bonchev–Trinajstić information content (AvgIpc) is 2.47. The second-order valence-corrected chi connectivity index (χ2v) is 5.71. The SMILES string of the molecule is C=C(C)C[C@@H](NC(=O)[C@H](Cc1ccc(F)cc1)NC(C)=O)C(N)=O. The van der Waals surface area contributed by atoms with Crippen molar-refractivity contribution in [1.29, 1.82) is 0 Å². The van der Waals surface area contributed by atoms with E-state index in [-0.39, 0.29) is 12.8 Å². The van der Waals surface area contributed by atoms with Crippen LogP contribution in [0.5, 0.6) is 0 Å². The lowest BCUT2D eigenvalue weighted by Gasteiger charge is -2.21. The molecule has 0 aliphatic rings. The Balaban J connectivity index is 2.87. The van der Waals surface area contributed by atoms with Crippen LogP contribution in [0, 0.1) is 5.82 Å². The molecule has 0 spiro atoms. The third kappa shape index (κ3) is 6.60. The van der Waals surface area contributed by atoms with Crippen molar-refractivity contribution in [1.82, 2.24) is 10.6 Å². The molecule has 1 aromatic rings. The van der Waals surface area contributed by atoms with Crippen molar-refractivity contribution in [3.63, 3.8) is 0 Å². The first-order chi connectivity index (χ1) is 11.2. The predicted octanol–water partition coefficient (Wildman–Crippen LogP) is 0.809. The Hall–Kier alpha value is -2.70. The normalized spacial score (nSPS) is 12.8. The molecule has 0 bridgehead atoms. The molecule has 6 nitrogen and oxygen atoms in total. The van der Waals surface area contributed by atoms with E-state index in [1.54, 1.807) is 6.92 Å². The lowest BCUT2D eigenvalue weighted by molar-refractivity contribution is -0.130. The lowest BCUT2D eigenvalue weighted by atomic mass is 10.0. The number of nitrogens with one attached hydrogen (secondary N) is 2. The van der Waals surface area contributed by atoms with Crippen LogP contribution in [0.2, 0.25) is 0 Å². The Kier molecular flexibility index (Phi) is 7.10. The third-order valence-electron chi connectivity index (χ3n) is 3.26. The molecule has 0 radical (unpaired) electrons. The molecule has 1 rings (SSSR count). The number of primary amides is 1. The highest BCUT2D eigenvalue weighted by molar-refractivity contribution is 5.91. The van der Waals surface area contributed by atoms with Gasteiger partial charge in [0, 0.05) is 13.3 Å². The summed E-state index contributed by atoms with van der Waals surface area (Å²) in [4.78, 5) is 35.2. The highest BCUT2D eigenvalue weighted by Crippen LogP contribution is 2.08. The molecule has 2 atom stereocenters. The van der Waals surface area contributed by atoms with Gasteiger partial charge in [0.1, 0.15) is 17.9 Å². The molecule has 0 aliphatic heterocycles. The molecule has 24 heavy (non-hydrogen) atoms. The third-order valence-corrected chi connectivity index (χ3v) is 3.26. The van der Waals surface area contributed by atoms with Gasteiger partial charge in [-0.3, -0.25) is 14.4 Å². The summed E-state index contributed by atoms with van der Waals surface area (Å²) >= 11 is 0. The zero-order valence-corrected chi connectivity index (χ0v) is 13.8. The minimum absolute atomic E-state index is 0.157. The number of halogens is 1. The van der Waals surface area contributed by atoms with Crippen molar-refractivity contribution in [2.24, 2.45) is 5.73 Å². The predicted molar refractivity (Wildman–Crippen MR) is 88.3 cm³/mol. The molecule has 130 valence electrons. The molecule has 0 unspecified atom stereocenters. The molecule has 0 saturated heterocycles. The summed E-state index contributed by atoms with van der Waals surface area (Å²) in [6.45, 7) is 6.69. The molecule has 0 fully saturated rings. The molecular weight excluding hydrogens is 313 g/mol. The number of benzene rings is 1. The first-order valence-corrected chi connectivity index (χ1v) is 7.44. The second-order valence-electron chi connectivity index (χ2n) is 5.71. The van der Waals surface area contributed by atoms with E-state index in [4.69, 9.17) is 5.73 Å². The van der Waals surface area contributed by atoms with Crippen LogP contribution in [0.3, 0.4) is 0 Å². The van der Waals surface area contributed by atoms with Crippen molar-refractivity contribution < 1.29 is 18.8 Å². The van der Waals surface area contributed by atoms with Crippen LogP contribution in [0.25, 0.3) is 0 Å². The standard InChI is InChI=1S/C17H22FN3O3/c1-10(2)8-14(16(19)23)21-17(24)15(20-11(3)22)9-12-4-6-13(18)7-5-12/h4-7,14-15H,1,8-9H2,2-3H3,(H2,19,23)(H,20,22)(H,21,24)/t14-,15+/m1/s1. The fourth-order valence-corrected chi connectivity index (χ4v) is 2.15. The number of hydrogen-bond donors (Lipinski definition) is 3. The summed E-state index contributed by atoms with van der Waals surface area (Å²) in [5.74, 6) is -2.02. The Morgan fingerprint density at radius 1 is 1.12 bits per heavy atom. The van der Waals surface area contributed by atoms with Gasteiger partial charge in [-0.1, -0.05) is 17.7 Å². The van der Waals surface area contributed by atoms with E-state index in [0.29, 0.717) is 11.1 Å². The van der Waals surface area contributed by atoms with E-state index in [0.717, 1.165) is 0 Å². The number of carbonyl (C=O) groups excluding carboxylic acids is 3. The van der Waals surface area contributed by atoms with Gasteiger partial charge in [0.25, 0.3) is 0 Å². The Morgan fingerprint density at radius 3 is 2.17 bits per heavy atom. The summed E-state index contributed by atoms with van der Waals surface area (Å²) in [5.41, 5.74) is 6.64. The lowest BCUT2D eigenvalue weighted by Crippen LogP contribution is -2.53. The molecule has 4 N–H and O–H groups in total. The second kappa shape index (κ2) is 8.81. The van der Waals surface area contributed by atoms with Crippen LogP contribution in [-0.2, 0) is 20.8 Å². The van der Waals surface area contributed by atoms with Crippen LogP contribution >= 0.6 is 0 Å². The number of rotatable bonds is 8. The van der Waals surface area contributed by atoms with Crippen molar-refractivity contribution in [3.05, 3.63) is 47.8 Å². The maximum Gasteiger partial charge on any atom is 0.243 e. The first kappa shape index (κ1) is 19.3. The molecule has 0 aliphatic carbocycles. The van der Waals surface area contributed by atoms with Crippen LogP contribution in [0.15, 0.2) is 36.4 Å². The average molecular weight is 335 g/mol. The zero-order chi connectivity index (χ0) is 18.3. The Bertz CT molecular complexity index is 628. The maximum atomic E-state index is 13.0. The number of carbonyl (C=O) groups is 3. The fraction of sp³-hybridized carbons (Fsp3) is 0.353. The minimum atomic E-state index is -0.903. The van der Waals surface area contributed by atoms with Gasteiger partial charge in [0.15, 0.2) is 0 Å². The minimum Gasteiger partial charge on any atom is -0.368 e. The van der Waals surface area contributed by atoms with Gasteiger partial charge in [0.05, 0.1) is 0 Å². The molecule has 0 saturated carbocycles. The van der Waals surface area contributed by atoms with E-state index in [9.17, 15) is 18.8 Å². The quantitative estimate of drug-likeness (QED) is 0.613. The Morgan fingerprint density at radius 2 is 1.71 bits per heavy atom. The summed E-state index contributed by atoms with van der Waals surface area (Å²) in [6, 6.07) is 3.78. The smallest absolute Gasteiger partial charge is 0.243 e. The highest BCUT2D eigenvalue weighted by atomic mass is 19.1. The summed E-state index contributed by atoms with van der Waals surface area (Å²) < 4.78 is 13.0. The number of hydrogen-bond acceptors (Lipinski definition) is 3. The first-order valence-electron chi connectivity index (χ1n) is 7.44. The zero-order valence-electron chi connectivity index (χ0n) is 13.8. The van der Waals surface area contributed by atoms with Gasteiger partial charge < -0.3 is 16.4 Å². The van der Waals surface area contributed by atoms with E-state index >= 15 is 0 Å². The largest absolute Gasteiger partial charge is 0.368 e. The molecule has 0 aromatic heterocycles. The van der Waals surface area contributed by atoms with Crippen LogP contribution in [0.4, 0.5) is 4.39 Å².